The van der Waals surface area contributed by atoms with Crippen molar-refractivity contribution in [3.63, 3.8) is 0 Å². The Labute approximate surface area is 146 Å². The molecule has 0 aliphatic heterocycles. The summed E-state index contributed by atoms with van der Waals surface area (Å²) in [6, 6.07) is 32.7. The molecule has 0 bridgehead atoms. The molecular weight excluding hydrogens is 307 g/mol. The van der Waals surface area contributed by atoms with Crippen molar-refractivity contribution in [2.45, 2.75) is 19.6 Å². The molecule has 3 aromatic carbocycles. The number of benzene rings is 3. The Kier molecular flexibility index (Phi) is 7.36. The summed E-state index contributed by atoms with van der Waals surface area (Å²) in [5, 5.41) is 0. The van der Waals surface area contributed by atoms with Crippen LogP contribution in [0.1, 0.15) is 0 Å². The molecule has 0 saturated heterocycles. The Balaban J connectivity index is 0.000000433. The molecule has 0 aliphatic carbocycles. The predicted molar refractivity (Wildman–Crippen MR) is 107 cm³/mol. The molecule has 2 heteroatoms. The monoisotopic (exact) mass is 331 g/mol. The maximum atomic E-state index is 2.27. The summed E-state index contributed by atoms with van der Waals surface area (Å²) in [5.74, 6) is 0. The molecule has 0 fully saturated rings. The van der Waals surface area contributed by atoms with Gasteiger partial charge >= 0.3 is 14.1 Å². The lowest BCUT2D eigenvalue weighted by atomic mass is 10.3. The second-order valence-corrected chi connectivity index (χ2v) is 12.0. The summed E-state index contributed by atoms with van der Waals surface area (Å²) in [5.41, 5.74) is 0. The van der Waals surface area contributed by atoms with Gasteiger partial charge in [0.25, 0.3) is 0 Å². The summed E-state index contributed by atoms with van der Waals surface area (Å²) in [7, 11) is 0.120. The van der Waals surface area contributed by atoms with E-state index in [-0.39, 0.29) is 8.80 Å². The lowest BCUT2D eigenvalue weighted by Crippen LogP contribution is -2.51. The molecule has 0 spiro atoms. The molecule has 23 heavy (non-hydrogen) atoms. The van der Waals surface area contributed by atoms with Crippen molar-refractivity contribution in [3.8, 4) is 0 Å². The van der Waals surface area contributed by atoms with E-state index in [9.17, 15) is 0 Å². The molecule has 1 radical (unpaired) electrons. The second-order valence-electron chi connectivity index (χ2n) is 6.17. The zero-order chi connectivity index (χ0) is 16.5. The molecular formula is C21H24AlSi. The third kappa shape index (κ3) is 5.84. The summed E-state index contributed by atoms with van der Waals surface area (Å²) in [6.45, 7) is 6.81. The maximum Gasteiger partial charge on any atom is 0.383 e. The summed E-state index contributed by atoms with van der Waals surface area (Å²) in [4.78, 5) is 0. The first-order chi connectivity index (χ1) is 11.2. The highest BCUT2D eigenvalue weighted by Gasteiger charge is 2.23. The molecule has 0 N–H and O–H groups in total. The van der Waals surface area contributed by atoms with E-state index in [2.05, 4.69) is 111 Å². The third-order valence-electron chi connectivity index (χ3n) is 3.40. The zero-order valence-corrected chi connectivity index (χ0v) is 16.4. The van der Waals surface area contributed by atoms with E-state index in [1.54, 1.807) is 0 Å². The minimum atomic E-state index is -1.31. The van der Waals surface area contributed by atoms with Crippen molar-refractivity contribution >= 4 is 36.2 Å². The molecule has 0 amide bonds. The largest absolute Gasteiger partial charge is 0.383 e. The van der Waals surface area contributed by atoms with Crippen LogP contribution in [0.25, 0.3) is 0 Å². The van der Waals surface area contributed by atoms with Crippen LogP contribution in [0.2, 0.25) is 19.6 Å². The van der Waals surface area contributed by atoms with Crippen LogP contribution in [0.15, 0.2) is 91.0 Å². The Morgan fingerprint density at radius 1 is 0.478 bits per heavy atom. The standard InChI is InChI=1S/3C6H5.C3H9Si.Al/c3*1-2-4-6-5-3-1;1-4(2)3;/h3*1-5H;1-3H3;. The fourth-order valence-corrected chi connectivity index (χ4v) is 5.49. The average Bonchev–Trinajstić information content (AvgIpc) is 2.58. The molecule has 3 aromatic rings. The highest BCUT2D eigenvalue weighted by Crippen LogP contribution is 1.95. The highest BCUT2D eigenvalue weighted by atomic mass is 28.3. The van der Waals surface area contributed by atoms with E-state index < -0.39 is 14.1 Å². The van der Waals surface area contributed by atoms with Crippen LogP contribution >= 0.6 is 0 Å². The number of rotatable bonds is 3. The smallest absolute Gasteiger partial charge is 0.0986 e. The van der Waals surface area contributed by atoms with E-state index in [0.29, 0.717) is 0 Å². The van der Waals surface area contributed by atoms with E-state index in [1.807, 2.05) is 0 Å². The minimum absolute atomic E-state index is 0.120. The Hall–Kier alpha value is -1.59. The van der Waals surface area contributed by atoms with Gasteiger partial charge in [-0.3, -0.25) is 0 Å². The van der Waals surface area contributed by atoms with Crippen LogP contribution in [0, 0.1) is 0 Å². The van der Waals surface area contributed by atoms with Gasteiger partial charge in [-0.2, -0.15) is 0 Å². The van der Waals surface area contributed by atoms with Crippen molar-refractivity contribution in [3.05, 3.63) is 91.0 Å². The SMILES string of the molecule is C[Si](C)C.c1cc[c]([Al]([c]2ccccc2)[c]2ccccc2)cc1. The normalized spacial score (nSPS) is 9.91. The third-order valence-corrected chi connectivity index (χ3v) is 6.55. The van der Waals surface area contributed by atoms with E-state index in [1.165, 1.54) is 13.3 Å². The van der Waals surface area contributed by atoms with Gasteiger partial charge < -0.3 is 0 Å². The van der Waals surface area contributed by atoms with E-state index in [0.717, 1.165) is 0 Å². The lowest BCUT2D eigenvalue weighted by molar-refractivity contribution is 1.71. The van der Waals surface area contributed by atoms with Gasteiger partial charge in [0.2, 0.25) is 0 Å². The second kappa shape index (κ2) is 9.53. The van der Waals surface area contributed by atoms with Gasteiger partial charge in [-0.15, -0.1) is 0 Å². The fraction of sp³-hybridized carbons (Fsp3) is 0.143. The first kappa shape index (κ1) is 17.8. The van der Waals surface area contributed by atoms with Crippen LogP contribution in [0.5, 0.6) is 0 Å². The molecule has 0 heterocycles. The molecule has 0 atom stereocenters. The lowest BCUT2D eigenvalue weighted by Gasteiger charge is -2.13. The Bertz CT molecular complexity index is 569. The van der Waals surface area contributed by atoms with Crippen molar-refractivity contribution in [2.24, 2.45) is 0 Å². The van der Waals surface area contributed by atoms with Gasteiger partial charge in [0.1, 0.15) is 0 Å². The molecule has 0 aliphatic rings. The van der Waals surface area contributed by atoms with E-state index in [4.69, 9.17) is 0 Å². The summed E-state index contributed by atoms with van der Waals surface area (Å²) in [6.07, 6.45) is 0. The van der Waals surface area contributed by atoms with Crippen LogP contribution in [-0.4, -0.2) is 22.9 Å². The van der Waals surface area contributed by atoms with Crippen LogP contribution in [-0.2, 0) is 0 Å². The molecule has 0 saturated carbocycles. The van der Waals surface area contributed by atoms with Gasteiger partial charge in [-0.25, -0.2) is 0 Å². The van der Waals surface area contributed by atoms with Crippen molar-refractivity contribution in [1.82, 2.24) is 0 Å². The maximum absolute atomic E-state index is 2.27. The predicted octanol–water partition coefficient (Wildman–Crippen LogP) is 3.57. The number of hydrogen-bond donors (Lipinski definition) is 0. The first-order valence-electron chi connectivity index (χ1n) is 8.10. The molecule has 0 unspecified atom stereocenters. The first-order valence-corrected chi connectivity index (χ1v) is 12.8. The van der Waals surface area contributed by atoms with Crippen LogP contribution in [0.4, 0.5) is 0 Å². The molecule has 0 nitrogen and oxygen atoms in total. The fourth-order valence-electron chi connectivity index (χ4n) is 2.51. The van der Waals surface area contributed by atoms with Crippen LogP contribution < -0.4 is 13.3 Å². The minimum Gasteiger partial charge on any atom is -0.0986 e. The van der Waals surface area contributed by atoms with Crippen molar-refractivity contribution in [2.75, 3.05) is 0 Å². The Morgan fingerprint density at radius 3 is 0.913 bits per heavy atom. The summed E-state index contributed by atoms with van der Waals surface area (Å²) < 4.78 is 4.42. The van der Waals surface area contributed by atoms with Gasteiger partial charge in [0.05, 0.1) is 0 Å². The van der Waals surface area contributed by atoms with Gasteiger partial charge in [0.15, 0.2) is 0 Å². The van der Waals surface area contributed by atoms with Crippen molar-refractivity contribution < 1.29 is 0 Å². The highest BCUT2D eigenvalue weighted by molar-refractivity contribution is 6.95. The van der Waals surface area contributed by atoms with Gasteiger partial charge in [-0.1, -0.05) is 124 Å². The molecule has 115 valence electrons. The van der Waals surface area contributed by atoms with E-state index >= 15 is 0 Å². The van der Waals surface area contributed by atoms with Gasteiger partial charge in [0, 0.05) is 8.80 Å². The van der Waals surface area contributed by atoms with Crippen molar-refractivity contribution in [1.29, 1.82) is 0 Å². The quantitative estimate of drug-likeness (QED) is 0.644. The summed E-state index contributed by atoms with van der Waals surface area (Å²) >= 11 is -1.31. The van der Waals surface area contributed by atoms with Crippen LogP contribution in [0.3, 0.4) is 0 Å². The zero-order valence-electron chi connectivity index (χ0n) is 14.2. The molecule has 3 rings (SSSR count). The average molecular weight is 331 g/mol. The van der Waals surface area contributed by atoms with Gasteiger partial charge in [-0.05, 0) is 0 Å². The number of hydrogen-bond acceptors (Lipinski definition) is 0. The topological polar surface area (TPSA) is 0 Å². The Morgan fingerprint density at radius 2 is 0.696 bits per heavy atom. The molecule has 0 aromatic heterocycles.